The molecule has 77 heavy (non-hydrogen) atoms. The highest BCUT2D eigenvalue weighted by Crippen LogP contribution is 2.39. The number of carboxylic acid groups (broad SMARTS) is 1. The first kappa shape index (κ1) is 61.2. The van der Waals surface area contributed by atoms with E-state index in [9.17, 15) is 28.6 Å². The molecule has 20 heteroatoms. The zero-order chi connectivity index (χ0) is 54.0. The first-order valence-corrected chi connectivity index (χ1v) is 26.0. The fraction of sp³-hybridized carbons (Fsp3) is 0.474. The lowest BCUT2D eigenvalue weighted by Crippen LogP contribution is -2.50. The number of amides is 1. The molecule has 2 aromatic heterocycles. The van der Waals surface area contributed by atoms with Gasteiger partial charge < -0.3 is 54.5 Å². The third-order valence-electron chi connectivity index (χ3n) is 14.2. The van der Waals surface area contributed by atoms with E-state index < -0.39 is 53.5 Å². The van der Waals surface area contributed by atoms with Gasteiger partial charge in [0.2, 0.25) is 0 Å². The number of hydrogen-bond acceptors (Lipinski definition) is 11. The van der Waals surface area contributed by atoms with Crippen molar-refractivity contribution in [2.24, 2.45) is 5.73 Å². The van der Waals surface area contributed by atoms with Crippen LogP contribution >= 0.6 is 33.1 Å². The molecule has 4 aromatic carbocycles. The van der Waals surface area contributed by atoms with Crippen LogP contribution in [0.5, 0.6) is 11.5 Å². The Hall–Kier alpha value is -4.97. The van der Waals surface area contributed by atoms with Gasteiger partial charge in [-0.2, -0.15) is 27.5 Å². The number of ether oxygens (including phenoxy) is 2. The van der Waals surface area contributed by atoms with Gasteiger partial charge in [-0.1, -0.05) is 42.8 Å². The molecular formula is C57H71Cl2F4N4O9P. The van der Waals surface area contributed by atoms with E-state index >= 15 is 8.78 Å². The number of nitrogens with zero attached hydrogens (tertiary/aromatic N) is 2. The average Bonchev–Trinajstić information content (AvgIpc) is 4.22. The topological polar surface area (TPSA) is 184 Å². The number of nitrogens with one attached hydrogen (secondary N) is 1. The van der Waals surface area contributed by atoms with Crippen molar-refractivity contribution in [1.82, 2.24) is 15.1 Å². The molecule has 420 valence electrons. The second kappa shape index (κ2) is 25.0. The van der Waals surface area contributed by atoms with E-state index in [0.29, 0.717) is 26.4 Å². The number of benzene rings is 4. The minimum Gasteiger partial charge on any atom is -0.488 e. The molecule has 13 nitrogen and oxygen atoms in total. The molecule has 0 bridgehead atoms. The molecule has 2 unspecified atom stereocenters. The summed E-state index contributed by atoms with van der Waals surface area (Å²) in [4.78, 5) is 27.7. The first-order valence-electron chi connectivity index (χ1n) is 25.3. The van der Waals surface area contributed by atoms with Crippen molar-refractivity contribution >= 4 is 66.9 Å². The number of hydrogen-bond donors (Lipinski definition) is 5. The minimum atomic E-state index is -4.04. The second-order valence-corrected chi connectivity index (χ2v) is 22.0. The molecule has 0 spiro atoms. The highest BCUT2D eigenvalue weighted by atomic mass is 35.5. The Morgan fingerprint density at radius 3 is 1.55 bits per heavy atom. The maximum absolute atomic E-state index is 15.3. The number of carboxylic acids is 1. The van der Waals surface area contributed by atoms with Crippen molar-refractivity contribution in [1.29, 1.82) is 0 Å². The number of furan rings is 2. The number of fused-ring (bicyclic) bond motifs is 4. The molecule has 0 radical (unpaired) electrons. The Bertz CT molecular complexity index is 3000. The molecule has 4 aliphatic rings. The maximum atomic E-state index is 15.3. The van der Waals surface area contributed by atoms with Crippen molar-refractivity contribution < 1.29 is 60.8 Å². The van der Waals surface area contributed by atoms with Crippen molar-refractivity contribution in [3.63, 3.8) is 0 Å². The van der Waals surface area contributed by atoms with Gasteiger partial charge in [0.15, 0.2) is 11.5 Å². The van der Waals surface area contributed by atoms with Crippen LogP contribution in [0.2, 0.25) is 10.0 Å². The molecule has 6 N–H and O–H groups in total. The first-order chi connectivity index (χ1) is 35.4. The number of alkyl halides is 4. The predicted octanol–water partition coefficient (Wildman–Crippen LogP) is 11.8. The summed E-state index contributed by atoms with van der Waals surface area (Å²) in [5.74, 6) is -11.7. The SMILES string of the molecule is C.CC1(C)CCc2cc(C(O)[C@H](N)CN3CCCC3)ccc2O1.CC1(C)CCc2cc([C@@H](O)[C@@H](CN3CCCC3)NC(=O)C(F)(F)c3cc4cc(Cl)ccc4o3)ccc2O1.O=C(O)C(F)(F)c1cc2cc(Cl)ccc2o1.P. The van der Waals surface area contributed by atoms with E-state index in [1.54, 1.807) is 12.1 Å². The number of aliphatic hydroxyl groups excluding tert-OH is 2. The third kappa shape index (κ3) is 14.8. The molecule has 6 heterocycles. The highest BCUT2D eigenvalue weighted by molar-refractivity contribution is 6.92. The van der Waals surface area contributed by atoms with Crippen LogP contribution in [-0.4, -0.2) is 99.6 Å². The van der Waals surface area contributed by atoms with Crippen LogP contribution in [0.4, 0.5) is 17.6 Å². The Morgan fingerprint density at radius 2 is 1.09 bits per heavy atom. The largest absolute Gasteiger partial charge is 0.488 e. The summed E-state index contributed by atoms with van der Waals surface area (Å²) in [5.41, 5.74) is 9.83. The Morgan fingerprint density at radius 1 is 0.662 bits per heavy atom. The Kier molecular flexibility index (Phi) is 19.9. The van der Waals surface area contributed by atoms with Crippen LogP contribution in [0.15, 0.2) is 93.8 Å². The third-order valence-corrected chi connectivity index (χ3v) is 14.6. The fourth-order valence-corrected chi connectivity index (χ4v) is 10.2. The normalized spacial score (nSPS) is 18.5. The number of nitrogens with two attached hydrogens (primary N) is 1. The van der Waals surface area contributed by atoms with Gasteiger partial charge in [0.1, 0.15) is 40.0 Å². The van der Waals surface area contributed by atoms with E-state index in [4.69, 9.17) is 52.4 Å². The molecule has 0 aliphatic carbocycles. The highest BCUT2D eigenvalue weighted by Gasteiger charge is 2.47. The molecule has 10 rings (SSSR count). The quantitative estimate of drug-likeness (QED) is 0.0546. The zero-order valence-corrected chi connectivity index (χ0v) is 46.0. The summed E-state index contributed by atoms with van der Waals surface area (Å²) in [5, 5.41) is 34.1. The van der Waals surface area contributed by atoms with Crippen LogP contribution in [0, 0.1) is 0 Å². The smallest absolute Gasteiger partial charge is 0.399 e. The maximum Gasteiger partial charge on any atom is 0.399 e. The van der Waals surface area contributed by atoms with Crippen molar-refractivity contribution in [2.45, 2.75) is 134 Å². The van der Waals surface area contributed by atoms with Gasteiger partial charge in [-0.3, -0.25) is 4.79 Å². The second-order valence-electron chi connectivity index (χ2n) is 21.1. The number of rotatable bonds is 13. The molecule has 6 aromatic rings. The monoisotopic (exact) mass is 1130 g/mol. The van der Waals surface area contributed by atoms with Crippen LogP contribution < -0.4 is 20.5 Å². The molecule has 1 amide bonds. The summed E-state index contributed by atoms with van der Waals surface area (Å²) in [6.07, 6.45) is 6.26. The van der Waals surface area contributed by atoms with E-state index in [0.717, 1.165) is 106 Å². The minimum absolute atomic E-state index is 0. The van der Waals surface area contributed by atoms with Crippen LogP contribution in [0.1, 0.15) is 120 Å². The summed E-state index contributed by atoms with van der Waals surface area (Å²) < 4.78 is 78.8. The van der Waals surface area contributed by atoms with Crippen molar-refractivity contribution in [3.8, 4) is 11.5 Å². The Balaban J connectivity index is 0.000000204. The fourth-order valence-electron chi connectivity index (χ4n) is 9.85. The van der Waals surface area contributed by atoms with Crippen molar-refractivity contribution in [2.75, 3.05) is 39.3 Å². The Labute approximate surface area is 459 Å². The number of halogens is 6. The van der Waals surface area contributed by atoms with Gasteiger partial charge in [-0.25, -0.2) is 4.79 Å². The van der Waals surface area contributed by atoms with Gasteiger partial charge in [0.05, 0.1) is 12.1 Å². The molecule has 5 atom stereocenters. The lowest BCUT2D eigenvalue weighted by Gasteiger charge is -2.34. The van der Waals surface area contributed by atoms with E-state index in [1.165, 1.54) is 54.8 Å². The van der Waals surface area contributed by atoms with Crippen LogP contribution in [0.25, 0.3) is 21.9 Å². The standard InChI is InChI=1S/C28H31ClF2N2O4.C18H28N2O2.C10H5ClF2O3.CH4.H3P/c1-27(2)10-9-17-13-18(5-7-23(17)37-27)25(34)21(16-33-11-3-4-12-33)32-26(35)28(30,31)24-15-19-14-20(29)6-8-22(19)36-24;1-18(2)8-7-13-11-14(5-6-16(13)22-18)17(21)15(19)12-20-9-3-4-10-20;11-6-1-2-7-5(3-6)4-8(16-7)10(12,13)9(14)15;;/h5-8,13-15,21,25,34H,3-4,9-12,16H2,1-2H3,(H,32,35);5-6,11,15,17,21H,3-4,7-10,12,19H2,1-2H3;1-4H,(H,14,15);1H4;1H3/t21-,25-;15-,17?;;;/m11.../s1. The number of aliphatic hydroxyl groups is 2. The molecule has 2 fully saturated rings. The summed E-state index contributed by atoms with van der Waals surface area (Å²) in [6, 6.07) is 21.1. The number of carbonyl (C=O) groups excluding carboxylic acids is 1. The van der Waals surface area contributed by atoms with Gasteiger partial charge >= 0.3 is 17.8 Å². The molecule has 0 saturated carbocycles. The molecule has 4 aliphatic heterocycles. The van der Waals surface area contributed by atoms with Gasteiger partial charge in [-0.05, 0) is 200 Å². The lowest BCUT2D eigenvalue weighted by molar-refractivity contribution is -0.168. The predicted molar refractivity (Wildman–Crippen MR) is 296 cm³/mol. The molecular weight excluding hydrogens is 1060 g/mol. The van der Waals surface area contributed by atoms with Gasteiger partial charge in [0, 0.05) is 39.9 Å². The van der Waals surface area contributed by atoms with E-state index in [2.05, 4.69) is 35.0 Å². The zero-order valence-electron chi connectivity index (χ0n) is 43.0. The number of aliphatic carboxylic acids is 1. The number of likely N-dealkylation sites (tertiary alicyclic amines) is 2. The number of carbonyl (C=O) groups is 2. The van der Waals surface area contributed by atoms with Crippen LogP contribution in [-0.2, 0) is 34.3 Å². The van der Waals surface area contributed by atoms with E-state index in [1.807, 2.05) is 32.0 Å². The number of aryl methyl sites for hydroxylation is 2. The van der Waals surface area contributed by atoms with Gasteiger partial charge in [0.25, 0.3) is 5.91 Å². The van der Waals surface area contributed by atoms with Gasteiger partial charge in [-0.15, -0.1) is 0 Å². The van der Waals surface area contributed by atoms with Crippen LogP contribution in [0.3, 0.4) is 0 Å². The summed E-state index contributed by atoms with van der Waals surface area (Å²) in [7, 11) is 0. The van der Waals surface area contributed by atoms with E-state index in [-0.39, 0.29) is 52.3 Å². The summed E-state index contributed by atoms with van der Waals surface area (Å²) in [6.45, 7) is 13.1. The average molecular weight is 1130 g/mol. The molecule has 2 saturated heterocycles. The lowest BCUT2D eigenvalue weighted by atomic mass is 9.91. The van der Waals surface area contributed by atoms with Crippen molar-refractivity contribution in [3.05, 3.63) is 129 Å². The summed E-state index contributed by atoms with van der Waals surface area (Å²) >= 11 is 11.6.